The van der Waals surface area contributed by atoms with Crippen LogP contribution in [0.2, 0.25) is 0 Å². The van der Waals surface area contributed by atoms with Crippen molar-refractivity contribution in [2.24, 2.45) is 0 Å². The zero-order valence-corrected chi connectivity index (χ0v) is 10.1. The van der Waals surface area contributed by atoms with E-state index in [1.165, 1.54) is 12.1 Å². The van der Waals surface area contributed by atoms with E-state index in [1.807, 2.05) is 12.1 Å². The monoisotopic (exact) mass is 286 g/mol. The highest BCUT2D eigenvalue weighted by Gasteiger charge is 1.99. The Balaban J connectivity index is 1.96. The maximum absolute atomic E-state index is 12.6. The second-order valence-corrected chi connectivity index (χ2v) is 5.50. The molecule has 0 unspecified atom stereocenters. The third-order valence-electron chi connectivity index (χ3n) is 1.82. The molecule has 1 aromatic heterocycles. The topological polar surface area (TPSA) is 9.23 Å². The molecule has 0 spiro atoms. The summed E-state index contributed by atoms with van der Waals surface area (Å²) in [6, 6.07) is 10.0. The molecule has 0 bridgehead atoms. The summed E-state index contributed by atoms with van der Waals surface area (Å²) in [5.74, 6) is 0.433. The summed E-state index contributed by atoms with van der Waals surface area (Å²) in [5, 5.41) is 0. The first-order chi connectivity index (χ1) is 7.24. The summed E-state index contributed by atoms with van der Waals surface area (Å²) in [5.41, 5.74) is 0. The van der Waals surface area contributed by atoms with E-state index in [2.05, 4.69) is 15.9 Å². The first-order valence-electron chi connectivity index (χ1n) is 4.36. The molecule has 4 heteroatoms. The lowest BCUT2D eigenvalue weighted by Gasteiger charge is -2.03. The van der Waals surface area contributed by atoms with Crippen molar-refractivity contribution in [2.45, 2.75) is 6.61 Å². The lowest BCUT2D eigenvalue weighted by molar-refractivity contribution is 0.309. The van der Waals surface area contributed by atoms with Crippen LogP contribution in [0.1, 0.15) is 4.88 Å². The van der Waals surface area contributed by atoms with E-state index in [4.69, 9.17) is 4.74 Å². The summed E-state index contributed by atoms with van der Waals surface area (Å²) in [7, 11) is 0. The predicted octanol–water partition coefficient (Wildman–Crippen LogP) is 4.23. The van der Waals surface area contributed by atoms with Crippen molar-refractivity contribution >= 4 is 27.3 Å². The Labute approximate surface area is 99.6 Å². The van der Waals surface area contributed by atoms with Crippen LogP contribution in [-0.4, -0.2) is 0 Å². The van der Waals surface area contributed by atoms with Gasteiger partial charge in [-0.05, 0) is 52.3 Å². The van der Waals surface area contributed by atoms with E-state index in [-0.39, 0.29) is 5.82 Å². The molecule has 1 heterocycles. The second-order valence-electron chi connectivity index (χ2n) is 2.95. The van der Waals surface area contributed by atoms with Gasteiger partial charge in [0.15, 0.2) is 0 Å². The van der Waals surface area contributed by atoms with Crippen LogP contribution in [0.25, 0.3) is 0 Å². The zero-order chi connectivity index (χ0) is 10.7. The van der Waals surface area contributed by atoms with Gasteiger partial charge in [-0.15, -0.1) is 11.3 Å². The molecule has 1 nitrogen and oxygen atoms in total. The molecule has 0 radical (unpaired) electrons. The average Bonchev–Trinajstić information content (AvgIpc) is 2.64. The molecule has 0 amide bonds. The summed E-state index contributed by atoms with van der Waals surface area (Å²) >= 11 is 5.01. The van der Waals surface area contributed by atoms with Crippen LogP contribution in [0.4, 0.5) is 4.39 Å². The molecule has 0 aliphatic rings. The van der Waals surface area contributed by atoms with Crippen molar-refractivity contribution < 1.29 is 9.13 Å². The number of ether oxygens (including phenoxy) is 1. The molecule has 0 atom stereocenters. The minimum Gasteiger partial charge on any atom is -0.488 e. The molecule has 1 aromatic carbocycles. The molecule has 2 aromatic rings. The predicted molar refractivity (Wildman–Crippen MR) is 62.8 cm³/mol. The van der Waals surface area contributed by atoms with Gasteiger partial charge in [0.05, 0.1) is 3.79 Å². The van der Waals surface area contributed by atoms with E-state index in [9.17, 15) is 4.39 Å². The molecule has 0 saturated carbocycles. The molecule has 2 rings (SSSR count). The highest BCUT2D eigenvalue weighted by atomic mass is 79.9. The van der Waals surface area contributed by atoms with Gasteiger partial charge in [-0.2, -0.15) is 0 Å². The quantitative estimate of drug-likeness (QED) is 0.821. The second kappa shape index (κ2) is 4.77. The van der Waals surface area contributed by atoms with Gasteiger partial charge < -0.3 is 4.74 Å². The Hall–Kier alpha value is -0.870. The Morgan fingerprint density at radius 3 is 2.47 bits per heavy atom. The van der Waals surface area contributed by atoms with Gasteiger partial charge >= 0.3 is 0 Å². The number of hydrogen-bond donors (Lipinski definition) is 0. The fraction of sp³-hybridized carbons (Fsp3) is 0.0909. The maximum atomic E-state index is 12.6. The molecular formula is C11H8BrFOS. The van der Waals surface area contributed by atoms with Crippen LogP contribution in [0.15, 0.2) is 40.2 Å². The van der Waals surface area contributed by atoms with Crippen LogP contribution in [0, 0.1) is 5.82 Å². The molecule has 0 aliphatic carbocycles. The Kier molecular flexibility index (Phi) is 3.38. The van der Waals surface area contributed by atoms with E-state index in [0.717, 1.165) is 8.66 Å². The number of benzene rings is 1. The maximum Gasteiger partial charge on any atom is 0.123 e. The van der Waals surface area contributed by atoms with Gasteiger partial charge in [0.25, 0.3) is 0 Å². The first kappa shape index (κ1) is 10.6. The third kappa shape index (κ3) is 3.04. The largest absolute Gasteiger partial charge is 0.488 e. The van der Waals surface area contributed by atoms with Gasteiger partial charge in [0.2, 0.25) is 0 Å². The van der Waals surface area contributed by atoms with Crippen LogP contribution >= 0.6 is 27.3 Å². The van der Waals surface area contributed by atoms with Crippen molar-refractivity contribution in [2.75, 3.05) is 0 Å². The molecule has 0 aliphatic heterocycles. The number of rotatable bonds is 3. The minimum absolute atomic E-state index is 0.249. The van der Waals surface area contributed by atoms with Crippen molar-refractivity contribution in [1.82, 2.24) is 0 Å². The lowest BCUT2D eigenvalue weighted by atomic mass is 10.3. The molecular weight excluding hydrogens is 279 g/mol. The van der Waals surface area contributed by atoms with Gasteiger partial charge in [0.1, 0.15) is 18.2 Å². The van der Waals surface area contributed by atoms with Gasteiger partial charge in [-0.3, -0.25) is 0 Å². The van der Waals surface area contributed by atoms with E-state index in [0.29, 0.717) is 12.4 Å². The van der Waals surface area contributed by atoms with Gasteiger partial charge in [-0.25, -0.2) is 4.39 Å². The van der Waals surface area contributed by atoms with Crippen molar-refractivity contribution in [3.05, 3.63) is 50.9 Å². The number of thiophene rings is 1. The highest BCUT2D eigenvalue weighted by Crippen LogP contribution is 2.23. The smallest absolute Gasteiger partial charge is 0.123 e. The average molecular weight is 287 g/mol. The fourth-order valence-electron chi connectivity index (χ4n) is 1.11. The summed E-state index contributed by atoms with van der Waals surface area (Å²) in [4.78, 5) is 1.13. The Morgan fingerprint density at radius 1 is 1.13 bits per heavy atom. The Bertz CT molecular complexity index is 438. The molecule has 0 fully saturated rings. The SMILES string of the molecule is Fc1ccc(OCc2ccc(Br)s2)cc1. The van der Waals surface area contributed by atoms with E-state index >= 15 is 0 Å². The number of halogens is 2. The molecule has 78 valence electrons. The van der Waals surface area contributed by atoms with E-state index < -0.39 is 0 Å². The minimum atomic E-state index is -0.249. The summed E-state index contributed by atoms with van der Waals surface area (Å²) < 4.78 is 19.2. The van der Waals surface area contributed by atoms with Crippen LogP contribution < -0.4 is 4.74 Å². The van der Waals surface area contributed by atoms with Crippen molar-refractivity contribution in [1.29, 1.82) is 0 Å². The molecule has 0 saturated heterocycles. The zero-order valence-electron chi connectivity index (χ0n) is 7.74. The number of hydrogen-bond acceptors (Lipinski definition) is 2. The third-order valence-corrected chi connectivity index (χ3v) is 3.42. The molecule has 15 heavy (non-hydrogen) atoms. The highest BCUT2D eigenvalue weighted by molar-refractivity contribution is 9.11. The summed E-state index contributed by atoms with van der Waals surface area (Å²) in [6.45, 7) is 0.516. The molecule has 0 N–H and O–H groups in total. The van der Waals surface area contributed by atoms with Crippen LogP contribution in [0.3, 0.4) is 0 Å². The lowest BCUT2D eigenvalue weighted by Crippen LogP contribution is -1.92. The van der Waals surface area contributed by atoms with Gasteiger partial charge in [-0.1, -0.05) is 0 Å². The van der Waals surface area contributed by atoms with E-state index in [1.54, 1.807) is 23.5 Å². The Morgan fingerprint density at radius 2 is 1.87 bits per heavy atom. The summed E-state index contributed by atoms with van der Waals surface area (Å²) in [6.07, 6.45) is 0. The fourth-order valence-corrected chi connectivity index (χ4v) is 2.51. The van der Waals surface area contributed by atoms with Gasteiger partial charge in [0, 0.05) is 4.88 Å². The standard InChI is InChI=1S/C11H8BrFOS/c12-11-6-5-10(15-11)7-14-9-3-1-8(13)2-4-9/h1-6H,7H2. The normalized spacial score (nSPS) is 10.3. The van der Waals surface area contributed by atoms with Crippen LogP contribution in [0.5, 0.6) is 5.75 Å². The first-order valence-corrected chi connectivity index (χ1v) is 5.97. The van der Waals surface area contributed by atoms with Crippen LogP contribution in [-0.2, 0) is 6.61 Å². The van der Waals surface area contributed by atoms with Crippen molar-refractivity contribution in [3.63, 3.8) is 0 Å². The van der Waals surface area contributed by atoms with Crippen molar-refractivity contribution in [3.8, 4) is 5.75 Å².